The van der Waals surface area contributed by atoms with Crippen LogP contribution in [-0.2, 0) is 15.9 Å². The Hall–Kier alpha value is -5.20. The molecule has 2 aliphatic rings. The number of amides is 2. The number of alkyl halides is 2. The van der Waals surface area contributed by atoms with E-state index in [-0.39, 0.29) is 47.0 Å². The Kier molecular flexibility index (Phi) is 7.57. The molecule has 0 spiro atoms. The quantitative estimate of drug-likeness (QED) is 0.318. The number of nitriles is 1. The van der Waals surface area contributed by atoms with Crippen LogP contribution in [0.3, 0.4) is 0 Å². The summed E-state index contributed by atoms with van der Waals surface area (Å²) in [5.74, 6) is -5.14. The summed E-state index contributed by atoms with van der Waals surface area (Å²) in [6.45, 7) is -0.105. The first-order valence-corrected chi connectivity index (χ1v) is 15.7. The first-order valence-electron chi connectivity index (χ1n) is 13.8. The zero-order chi connectivity index (χ0) is 33.0. The predicted octanol–water partition coefficient (Wildman–Crippen LogP) is 4.14. The van der Waals surface area contributed by atoms with E-state index >= 15 is 8.78 Å². The number of fused-ring (bicyclic) bond motifs is 3. The summed E-state index contributed by atoms with van der Waals surface area (Å²) in [6.07, 6.45) is 2.32. The van der Waals surface area contributed by atoms with Crippen LogP contribution in [0.5, 0.6) is 5.75 Å². The molecule has 0 aliphatic carbocycles. The van der Waals surface area contributed by atoms with Gasteiger partial charge < -0.3 is 15.0 Å². The highest BCUT2D eigenvalue weighted by Gasteiger charge is 2.50. The highest BCUT2D eigenvalue weighted by Crippen LogP contribution is 2.41. The van der Waals surface area contributed by atoms with Crippen LogP contribution in [0.25, 0.3) is 0 Å². The molecule has 236 valence electrons. The van der Waals surface area contributed by atoms with E-state index in [0.29, 0.717) is 0 Å². The largest absolute Gasteiger partial charge is 0.495 e. The summed E-state index contributed by atoms with van der Waals surface area (Å²) in [5.41, 5.74) is -0.382. The lowest BCUT2D eigenvalue weighted by Crippen LogP contribution is -2.51. The van der Waals surface area contributed by atoms with Crippen molar-refractivity contribution in [1.29, 1.82) is 5.26 Å². The molecule has 46 heavy (non-hydrogen) atoms. The molecule has 4 aromatic rings. The number of nitrogens with zero attached hydrogens (tertiary/aromatic N) is 5. The number of ether oxygens (including phenoxy) is 1. The molecule has 0 unspecified atom stereocenters. The van der Waals surface area contributed by atoms with E-state index in [1.54, 1.807) is 0 Å². The van der Waals surface area contributed by atoms with Crippen molar-refractivity contribution in [2.45, 2.75) is 18.0 Å². The average Bonchev–Trinajstić information content (AvgIpc) is 3.66. The van der Waals surface area contributed by atoms with E-state index in [4.69, 9.17) is 4.74 Å². The second-order valence-electron chi connectivity index (χ2n) is 10.9. The lowest BCUT2D eigenvalue weighted by atomic mass is 9.99. The number of aromatic nitrogens is 2. The van der Waals surface area contributed by atoms with E-state index in [1.165, 1.54) is 57.5 Å². The van der Waals surface area contributed by atoms with Gasteiger partial charge in [-0.2, -0.15) is 23.4 Å². The maximum absolute atomic E-state index is 15.3. The number of hydrogen-bond acceptors (Lipinski definition) is 7. The van der Waals surface area contributed by atoms with E-state index in [2.05, 4.69) is 10.4 Å². The third-order valence-electron chi connectivity index (χ3n) is 8.10. The molecule has 1 fully saturated rings. The number of nitrogens with one attached hydrogen (secondary N) is 1. The van der Waals surface area contributed by atoms with Crippen molar-refractivity contribution < 1.29 is 35.9 Å². The molecular formula is C31H25F3N6O5S. The van der Waals surface area contributed by atoms with Crippen LogP contribution in [0.4, 0.5) is 24.5 Å². The first-order chi connectivity index (χ1) is 21.8. The topological polar surface area (TPSA) is 138 Å². The van der Waals surface area contributed by atoms with E-state index in [9.17, 15) is 27.7 Å². The van der Waals surface area contributed by atoms with Crippen molar-refractivity contribution in [2.75, 3.05) is 36.7 Å². The zero-order valence-electron chi connectivity index (χ0n) is 24.3. The Labute approximate surface area is 261 Å². The Bertz CT molecular complexity index is 2010. The number of carbonyl (C=O) groups excluding carboxylic acids is 2. The van der Waals surface area contributed by atoms with Gasteiger partial charge >= 0.3 is 0 Å². The van der Waals surface area contributed by atoms with Gasteiger partial charge in [0.25, 0.3) is 17.7 Å². The van der Waals surface area contributed by atoms with Gasteiger partial charge in [-0.25, -0.2) is 12.8 Å². The van der Waals surface area contributed by atoms with Crippen molar-refractivity contribution in [2.24, 2.45) is 0 Å². The fraction of sp³-hybridized carbons (Fsp3) is 0.226. The van der Waals surface area contributed by atoms with Crippen LogP contribution in [-0.4, -0.2) is 66.8 Å². The molecule has 0 bridgehead atoms. The van der Waals surface area contributed by atoms with Gasteiger partial charge in [0.2, 0.25) is 10.0 Å². The molecular weight excluding hydrogens is 625 g/mol. The molecule has 11 nitrogen and oxygen atoms in total. The summed E-state index contributed by atoms with van der Waals surface area (Å²) >= 11 is 0. The third-order valence-corrected chi connectivity index (χ3v) is 9.34. The van der Waals surface area contributed by atoms with Crippen molar-refractivity contribution in [3.63, 3.8) is 0 Å². The van der Waals surface area contributed by atoms with Crippen molar-refractivity contribution in [1.82, 2.24) is 14.1 Å². The van der Waals surface area contributed by atoms with Crippen molar-refractivity contribution >= 4 is 33.2 Å². The average molecular weight is 651 g/mol. The smallest absolute Gasteiger partial charge is 0.298 e. The van der Waals surface area contributed by atoms with Crippen LogP contribution >= 0.6 is 0 Å². The van der Waals surface area contributed by atoms with Gasteiger partial charge in [-0.1, -0.05) is 12.1 Å². The summed E-state index contributed by atoms with van der Waals surface area (Å²) in [7, 11) is -2.30. The minimum atomic E-state index is -3.68. The Morgan fingerprint density at radius 3 is 2.28 bits per heavy atom. The minimum absolute atomic E-state index is 0.0277. The molecule has 2 atom stereocenters. The van der Waals surface area contributed by atoms with Crippen molar-refractivity contribution in [3.8, 4) is 11.8 Å². The zero-order valence-corrected chi connectivity index (χ0v) is 25.1. The van der Waals surface area contributed by atoms with Gasteiger partial charge in [0.15, 0.2) is 5.69 Å². The number of rotatable bonds is 7. The number of hydrogen-bond donors (Lipinski definition) is 1. The summed E-state index contributed by atoms with van der Waals surface area (Å²) in [6, 6.07) is 13.6. The van der Waals surface area contributed by atoms with Gasteiger partial charge in [-0.3, -0.25) is 14.3 Å². The molecule has 6 rings (SSSR count). The second kappa shape index (κ2) is 11.3. The number of benzene rings is 3. The molecule has 2 aliphatic heterocycles. The SMILES string of the molecule is COc1ccc(C(=O)Nc2cnn3c2C(=O)N(c2ccc(C(F)(F)c4ccc(F)cc4)cc2)[C@H]2CN(S(C)(=O)=O)C[C@@H]23)cc1C#N. The molecule has 1 N–H and O–H groups in total. The second-order valence-corrected chi connectivity index (χ2v) is 12.8. The summed E-state index contributed by atoms with van der Waals surface area (Å²) in [4.78, 5) is 28.7. The maximum atomic E-state index is 15.3. The molecule has 0 saturated carbocycles. The fourth-order valence-electron chi connectivity index (χ4n) is 5.78. The number of halogens is 3. The molecule has 1 aromatic heterocycles. The van der Waals surface area contributed by atoms with Crippen LogP contribution in [0.1, 0.15) is 43.6 Å². The number of carbonyl (C=O) groups is 2. The normalized spacial score (nSPS) is 18.1. The highest BCUT2D eigenvalue weighted by atomic mass is 32.2. The molecule has 2 amide bonds. The van der Waals surface area contributed by atoms with Crippen LogP contribution in [0.15, 0.2) is 72.9 Å². The van der Waals surface area contributed by atoms with Gasteiger partial charge in [-0.15, -0.1) is 0 Å². The standard InChI is InChI=1S/C31H25F3N6O5S/c1-45-27-12-3-18(13-19(27)14-35)29(41)37-24-15-36-40-26-17-38(46(2,43)44)16-25(26)39(30(42)28(24)40)23-10-6-21(7-11-23)31(33,34)20-4-8-22(32)9-5-20/h3-13,15,25-26H,16-17H2,1-2H3,(H,37,41)/t25-,26-/m0/s1. The minimum Gasteiger partial charge on any atom is -0.495 e. The van der Waals surface area contributed by atoms with E-state index in [0.717, 1.165) is 42.7 Å². The number of methoxy groups -OCH3 is 1. The van der Waals surface area contributed by atoms with Gasteiger partial charge in [0, 0.05) is 35.5 Å². The van der Waals surface area contributed by atoms with Crippen molar-refractivity contribution in [3.05, 3.63) is 107 Å². The monoisotopic (exact) mass is 650 g/mol. The number of sulfonamides is 1. The Morgan fingerprint density at radius 2 is 1.67 bits per heavy atom. The lowest BCUT2D eigenvalue weighted by molar-refractivity contribution is 0.0428. The van der Waals surface area contributed by atoms with Gasteiger partial charge in [0.1, 0.15) is 17.6 Å². The Balaban J connectivity index is 1.36. The number of anilines is 2. The predicted molar refractivity (Wildman–Crippen MR) is 160 cm³/mol. The molecule has 15 heteroatoms. The van der Waals surface area contributed by atoms with E-state index < -0.39 is 56.8 Å². The lowest BCUT2D eigenvalue weighted by Gasteiger charge is -2.37. The highest BCUT2D eigenvalue weighted by molar-refractivity contribution is 7.88. The first kappa shape index (κ1) is 30.8. The van der Waals surface area contributed by atoms with E-state index in [1.807, 2.05) is 6.07 Å². The molecule has 3 heterocycles. The third kappa shape index (κ3) is 5.25. The molecule has 0 radical (unpaired) electrons. The molecule has 3 aromatic carbocycles. The van der Waals surface area contributed by atoms with Gasteiger partial charge in [-0.05, 0) is 54.6 Å². The van der Waals surface area contributed by atoms with Crippen LogP contribution in [0.2, 0.25) is 0 Å². The fourth-order valence-corrected chi connectivity index (χ4v) is 6.63. The van der Waals surface area contributed by atoms with Crippen LogP contribution in [0, 0.1) is 17.1 Å². The Morgan fingerprint density at radius 1 is 1.04 bits per heavy atom. The van der Waals surface area contributed by atoms with Crippen LogP contribution < -0.4 is 15.0 Å². The summed E-state index contributed by atoms with van der Waals surface area (Å²) < 4.78 is 76.6. The maximum Gasteiger partial charge on any atom is 0.298 e. The van der Waals surface area contributed by atoms with Gasteiger partial charge in [0.05, 0.1) is 42.9 Å². The molecule has 1 saturated heterocycles. The summed E-state index contributed by atoms with van der Waals surface area (Å²) in [5, 5.41) is 16.4.